The van der Waals surface area contributed by atoms with E-state index < -0.39 is 27.8 Å². The summed E-state index contributed by atoms with van der Waals surface area (Å²) in [4.78, 5) is 25.6. The Labute approximate surface area is 134 Å². The van der Waals surface area contributed by atoms with E-state index in [4.69, 9.17) is 0 Å². The maximum atomic E-state index is 12.9. The molecule has 126 valence electrons. The topological polar surface area (TPSA) is 83.6 Å². The molecule has 1 N–H and O–H groups in total. The fourth-order valence-corrected chi connectivity index (χ4v) is 3.52. The zero-order valence-electron chi connectivity index (χ0n) is 13.0. The largest absolute Gasteiger partial charge is 0.330 e. The van der Waals surface area contributed by atoms with E-state index in [2.05, 4.69) is 0 Å². The molecule has 8 heteroatoms. The van der Waals surface area contributed by atoms with Crippen molar-refractivity contribution in [3.05, 3.63) is 30.1 Å². The van der Waals surface area contributed by atoms with Gasteiger partial charge in [-0.1, -0.05) is 13.8 Å². The highest BCUT2D eigenvalue weighted by Gasteiger charge is 2.36. The third-order valence-corrected chi connectivity index (χ3v) is 5.05. The Morgan fingerprint density at radius 1 is 1.26 bits per heavy atom. The first-order valence-corrected chi connectivity index (χ1v) is 8.83. The molecule has 1 unspecified atom stereocenters. The first-order chi connectivity index (χ1) is 10.7. The van der Waals surface area contributed by atoms with Crippen LogP contribution in [0.5, 0.6) is 0 Å². The van der Waals surface area contributed by atoms with Crippen LogP contribution in [0.2, 0.25) is 0 Å². The van der Waals surface area contributed by atoms with E-state index in [0.717, 1.165) is 24.3 Å². The number of halogens is 1. The smallest absolute Gasteiger partial charge is 0.264 e. The average molecular weight is 342 g/mol. The molecule has 1 saturated heterocycles. The molecule has 0 saturated carbocycles. The second kappa shape index (κ2) is 6.66. The lowest BCUT2D eigenvalue weighted by molar-refractivity contribution is -0.140. The van der Waals surface area contributed by atoms with Gasteiger partial charge in [0, 0.05) is 12.5 Å². The predicted octanol–water partition coefficient (Wildman–Crippen LogP) is 1.28. The molecule has 0 bridgehead atoms. The van der Waals surface area contributed by atoms with Crippen LogP contribution >= 0.6 is 0 Å². The van der Waals surface area contributed by atoms with Crippen LogP contribution in [0.4, 0.5) is 4.39 Å². The van der Waals surface area contributed by atoms with Crippen LogP contribution in [0.25, 0.3) is 0 Å². The Morgan fingerprint density at radius 2 is 1.87 bits per heavy atom. The van der Waals surface area contributed by atoms with Gasteiger partial charge in [-0.25, -0.2) is 17.5 Å². The van der Waals surface area contributed by atoms with Gasteiger partial charge in [-0.15, -0.1) is 0 Å². The Bertz CT molecular complexity index is 701. The van der Waals surface area contributed by atoms with Crippen LogP contribution in [-0.2, 0) is 19.6 Å². The van der Waals surface area contributed by atoms with E-state index in [0.29, 0.717) is 19.4 Å². The number of nitrogens with zero attached hydrogens (tertiary/aromatic N) is 1. The molecule has 23 heavy (non-hydrogen) atoms. The van der Waals surface area contributed by atoms with Crippen LogP contribution in [0, 0.1) is 11.7 Å². The summed E-state index contributed by atoms with van der Waals surface area (Å²) >= 11 is 0. The number of rotatable bonds is 4. The molecule has 1 aliphatic heterocycles. The number of carbonyl (C=O) groups is 2. The van der Waals surface area contributed by atoms with Crippen molar-refractivity contribution in [2.75, 3.05) is 6.54 Å². The number of hydrogen-bond acceptors (Lipinski definition) is 4. The van der Waals surface area contributed by atoms with E-state index in [-0.39, 0.29) is 16.7 Å². The second-order valence-corrected chi connectivity index (χ2v) is 7.45. The van der Waals surface area contributed by atoms with E-state index in [1.165, 1.54) is 4.90 Å². The van der Waals surface area contributed by atoms with Crippen LogP contribution in [0.3, 0.4) is 0 Å². The normalized spacial score (nSPS) is 18.3. The van der Waals surface area contributed by atoms with Gasteiger partial charge in [0.25, 0.3) is 15.9 Å². The SMILES string of the molecule is CC(C)C(=O)N1CCCC1C(=O)NS(=O)(=O)c1ccc(F)cc1. The molecule has 2 amide bonds. The van der Waals surface area contributed by atoms with Gasteiger partial charge in [0.05, 0.1) is 4.90 Å². The van der Waals surface area contributed by atoms with Crippen molar-refractivity contribution in [3.8, 4) is 0 Å². The highest BCUT2D eigenvalue weighted by atomic mass is 32.2. The fraction of sp³-hybridized carbons (Fsp3) is 0.467. The Balaban J connectivity index is 2.14. The van der Waals surface area contributed by atoms with Gasteiger partial charge >= 0.3 is 0 Å². The fourth-order valence-electron chi connectivity index (χ4n) is 2.51. The highest BCUT2D eigenvalue weighted by molar-refractivity contribution is 7.90. The summed E-state index contributed by atoms with van der Waals surface area (Å²) in [7, 11) is -4.09. The first kappa shape index (κ1) is 17.4. The van der Waals surface area contributed by atoms with Crippen LogP contribution in [0.15, 0.2) is 29.2 Å². The maximum absolute atomic E-state index is 12.9. The Kier molecular flexibility index (Phi) is 5.03. The summed E-state index contributed by atoms with van der Waals surface area (Å²) in [5, 5.41) is 0. The highest BCUT2D eigenvalue weighted by Crippen LogP contribution is 2.21. The van der Waals surface area contributed by atoms with Gasteiger partial charge in [0.15, 0.2) is 0 Å². The molecule has 0 aromatic heterocycles. The molecule has 1 heterocycles. The number of amides is 2. The molecule has 1 aromatic rings. The molecule has 1 fully saturated rings. The number of sulfonamides is 1. The molecule has 6 nitrogen and oxygen atoms in total. The number of hydrogen-bond donors (Lipinski definition) is 1. The number of nitrogens with one attached hydrogen (secondary N) is 1. The van der Waals surface area contributed by atoms with Crippen molar-refractivity contribution in [3.63, 3.8) is 0 Å². The number of carbonyl (C=O) groups excluding carboxylic acids is 2. The van der Waals surface area contributed by atoms with E-state index in [9.17, 15) is 22.4 Å². The van der Waals surface area contributed by atoms with Crippen LogP contribution in [-0.4, -0.2) is 37.7 Å². The molecule has 1 aromatic carbocycles. The maximum Gasteiger partial charge on any atom is 0.264 e. The van der Waals surface area contributed by atoms with E-state index in [1.807, 2.05) is 4.72 Å². The summed E-state index contributed by atoms with van der Waals surface area (Å²) < 4.78 is 39.2. The van der Waals surface area contributed by atoms with Crippen molar-refractivity contribution in [2.45, 2.75) is 37.6 Å². The van der Waals surface area contributed by atoms with E-state index in [1.54, 1.807) is 13.8 Å². The van der Waals surface area contributed by atoms with Gasteiger partial charge in [0.1, 0.15) is 11.9 Å². The molecule has 0 spiro atoms. The molecule has 1 atom stereocenters. The quantitative estimate of drug-likeness (QED) is 0.893. The molecular formula is C15H19FN2O4S. The van der Waals surface area contributed by atoms with Crippen molar-refractivity contribution >= 4 is 21.8 Å². The van der Waals surface area contributed by atoms with Crippen molar-refractivity contribution in [1.29, 1.82) is 0 Å². The molecule has 0 radical (unpaired) electrons. The number of benzene rings is 1. The van der Waals surface area contributed by atoms with Crippen LogP contribution < -0.4 is 4.72 Å². The van der Waals surface area contributed by atoms with Crippen molar-refractivity contribution in [1.82, 2.24) is 9.62 Å². The van der Waals surface area contributed by atoms with Gasteiger partial charge in [0.2, 0.25) is 5.91 Å². The van der Waals surface area contributed by atoms with Gasteiger partial charge in [-0.05, 0) is 37.1 Å². The Morgan fingerprint density at radius 3 is 2.43 bits per heavy atom. The van der Waals surface area contributed by atoms with Gasteiger partial charge in [-0.2, -0.15) is 0 Å². The van der Waals surface area contributed by atoms with Gasteiger partial charge < -0.3 is 4.90 Å². The van der Waals surface area contributed by atoms with Crippen LogP contribution in [0.1, 0.15) is 26.7 Å². The predicted molar refractivity (Wildman–Crippen MR) is 81.3 cm³/mol. The lowest BCUT2D eigenvalue weighted by Gasteiger charge is -2.25. The standard InChI is InChI=1S/C15H19FN2O4S/c1-10(2)15(20)18-9-3-4-13(18)14(19)17-23(21,22)12-7-5-11(16)6-8-12/h5-8,10,13H,3-4,9H2,1-2H3,(H,17,19). The van der Waals surface area contributed by atoms with Gasteiger partial charge in [-0.3, -0.25) is 9.59 Å². The third-order valence-electron chi connectivity index (χ3n) is 3.69. The zero-order valence-corrected chi connectivity index (χ0v) is 13.8. The first-order valence-electron chi connectivity index (χ1n) is 7.35. The molecular weight excluding hydrogens is 323 g/mol. The third kappa shape index (κ3) is 3.87. The monoisotopic (exact) mass is 342 g/mol. The minimum absolute atomic E-state index is 0.179. The van der Waals surface area contributed by atoms with Crippen molar-refractivity contribution in [2.24, 2.45) is 5.92 Å². The summed E-state index contributed by atoms with van der Waals surface area (Å²) in [6.45, 7) is 3.89. The summed E-state index contributed by atoms with van der Waals surface area (Å²) in [5.74, 6) is -1.75. The van der Waals surface area contributed by atoms with E-state index >= 15 is 0 Å². The summed E-state index contributed by atoms with van der Waals surface area (Å²) in [6, 6.07) is 3.37. The van der Waals surface area contributed by atoms with Crippen molar-refractivity contribution < 1.29 is 22.4 Å². The average Bonchev–Trinajstić information content (AvgIpc) is 2.95. The Hall–Kier alpha value is -1.96. The molecule has 1 aliphatic rings. The molecule has 2 rings (SSSR count). The summed E-state index contributed by atoms with van der Waals surface area (Å²) in [5.41, 5.74) is 0. The summed E-state index contributed by atoms with van der Waals surface area (Å²) in [6.07, 6.45) is 1.07. The lowest BCUT2D eigenvalue weighted by atomic mass is 10.1. The zero-order chi connectivity index (χ0) is 17.2. The second-order valence-electron chi connectivity index (χ2n) is 5.77. The number of likely N-dealkylation sites (tertiary alicyclic amines) is 1. The minimum Gasteiger partial charge on any atom is -0.330 e. The minimum atomic E-state index is -4.09. The lowest BCUT2D eigenvalue weighted by Crippen LogP contribution is -2.48. The molecule has 0 aliphatic carbocycles.